The van der Waals surface area contributed by atoms with E-state index >= 15 is 0 Å². The predicted octanol–water partition coefficient (Wildman–Crippen LogP) is 1.25. The van der Waals surface area contributed by atoms with Crippen LogP contribution < -0.4 is 0 Å². The molecule has 0 radical (unpaired) electrons. The molecule has 2 atom stereocenters. The molecule has 0 saturated carbocycles. The number of rotatable bonds is 2. The summed E-state index contributed by atoms with van der Waals surface area (Å²) in [5.41, 5.74) is 0.866. The van der Waals surface area contributed by atoms with Crippen LogP contribution in [0.4, 0.5) is 0 Å². The Hall–Kier alpha value is -1.16. The lowest BCUT2D eigenvalue weighted by Crippen LogP contribution is -1.98. The number of hydrogen-bond acceptors (Lipinski definition) is 4. The second kappa shape index (κ2) is 3.53. The summed E-state index contributed by atoms with van der Waals surface area (Å²) < 4.78 is 19.8. The van der Waals surface area contributed by atoms with Gasteiger partial charge < -0.3 is 9.63 Å². The molecule has 0 amide bonds. The molecule has 0 saturated heterocycles. The van der Waals surface area contributed by atoms with E-state index in [1.165, 1.54) is 0 Å². The standard InChI is InChI=1S/C8H7O5P/c9-7-5-3-1-2-4-6(5)8(12-7)13-14(10)11/h1-4,8,14H,(H,10,11). The first kappa shape index (κ1) is 9.40. The zero-order chi connectivity index (χ0) is 10.1. The van der Waals surface area contributed by atoms with Crippen LogP contribution in [0.2, 0.25) is 0 Å². The third-order valence-electron chi connectivity index (χ3n) is 1.86. The van der Waals surface area contributed by atoms with E-state index in [1.807, 2.05) is 0 Å². The minimum absolute atomic E-state index is 0.376. The van der Waals surface area contributed by atoms with Crippen LogP contribution in [0.25, 0.3) is 0 Å². The van der Waals surface area contributed by atoms with Gasteiger partial charge in [0.15, 0.2) is 0 Å². The van der Waals surface area contributed by atoms with Gasteiger partial charge in [0.1, 0.15) is 0 Å². The molecule has 1 aromatic carbocycles. The van der Waals surface area contributed by atoms with Crippen LogP contribution in [-0.2, 0) is 13.8 Å². The van der Waals surface area contributed by atoms with Crippen molar-refractivity contribution in [3.05, 3.63) is 35.4 Å². The van der Waals surface area contributed by atoms with Crippen molar-refractivity contribution in [1.29, 1.82) is 0 Å². The van der Waals surface area contributed by atoms with Gasteiger partial charge in [-0.3, -0.25) is 9.09 Å². The SMILES string of the molecule is O=C1OC(O[PH](=O)O)c2ccccc21. The lowest BCUT2D eigenvalue weighted by molar-refractivity contribution is -0.0388. The Kier molecular flexibility index (Phi) is 2.37. The number of carbonyl (C=O) groups is 1. The minimum atomic E-state index is -3.11. The van der Waals surface area contributed by atoms with Gasteiger partial charge in [-0.25, -0.2) is 4.79 Å². The molecule has 0 aliphatic carbocycles. The number of hydrogen-bond donors (Lipinski definition) is 1. The summed E-state index contributed by atoms with van der Waals surface area (Å²) in [6.45, 7) is 0. The van der Waals surface area contributed by atoms with Crippen LogP contribution in [0.15, 0.2) is 24.3 Å². The van der Waals surface area contributed by atoms with Gasteiger partial charge in [-0.05, 0) is 6.07 Å². The maximum Gasteiger partial charge on any atom is 0.341 e. The molecule has 1 aliphatic heterocycles. The van der Waals surface area contributed by atoms with Gasteiger partial charge in [-0.1, -0.05) is 18.2 Å². The monoisotopic (exact) mass is 214 g/mol. The highest BCUT2D eigenvalue weighted by Crippen LogP contribution is 2.36. The molecule has 2 unspecified atom stereocenters. The summed E-state index contributed by atoms with van der Waals surface area (Å²) in [5, 5.41) is 0. The maximum atomic E-state index is 11.2. The molecule has 1 heterocycles. The van der Waals surface area contributed by atoms with E-state index in [-0.39, 0.29) is 0 Å². The van der Waals surface area contributed by atoms with Crippen molar-refractivity contribution in [1.82, 2.24) is 0 Å². The average Bonchev–Trinajstić information content (AvgIpc) is 2.44. The van der Waals surface area contributed by atoms with E-state index in [4.69, 9.17) is 9.63 Å². The summed E-state index contributed by atoms with van der Waals surface area (Å²) in [6, 6.07) is 6.58. The van der Waals surface area contributed by atoms with E-state index in [2.05, 4.69) is 4.52 Å². The highest BCUT2D eigenvalue weighted by Gasteiger charge is 2.32. The fraction of sp³-hybridized carbons (Fsp3) is 0.125. The normalized spacial score (nSPS) is 21.5. The van der Waals surface area contributed by atoms with Crippen LogP contribution >= 0.6 is 8.25 Å². The molecule has 0 spiro atoms. The van der Waals surface area contributed by atoms with Crippen LogP contribution in [-0.4, -0.2) is 10.9 Å². The molecule has 0 fully saturated rings. The molecule has 74 valence electrons. The van der Waals surface area contributed by atoms with Gasteiger partial charge >= 0.3 is 14.2 Å². The lowest BCUT2D eigenvalue weighted by Gasteiger charge is -2.07. The molecule has 1 aromatic rings. The van der Waals surface area contributed by atoms with E-state index in [0.717, 1.165) is 0 Å². The molecule has 14 heavy (non-hydrogen) atoms. The maximum absolute atomic E-state index is 11.2. The van der Waals surface area contributed by atoms with Gasteiger partial charge in [0.25, 0.3) is 0 Å². The number of esters is 1. The second-order valence-electron chi connectivity index (χ2n) is 2.71. The van der Waals surface area contributed by atoms with Gasteiger partial charge in [-0.2, -0.15) is 0 Å². The van der Waals surface area contributed by atoms with E-state index in [0.29, 0.717) is 11.1 Å². The summed E-state index contributed by atoms with van der Waals surface area (Å²) in [7, 11) is -3.11. The van der Waals surface area contributed by atoms with Crippen molar-refractivity contribution in [2.24, 2.45) is 0 Å². The van der Waals surface area contributed by atoms with Crippen molar-refractivity contribution in [3.8, 4) is 0 Å². The second-order valence-corrected chi connectivity index (χ2v) is 3.48. The topological polar surface area (TPSA) is 72.8 Å². The van der Waals surface area contributed by atoms with Crippen LogP contribution in [0.1, 0.15) is 22.2 Å². The molecule has 1 N–H and O–H groups in total. The first-order valence-electron chi connectivity index (χ1n) is 3.88. The largest absolute Gasteiger partial charge is 0.427 e. The Labute approximate surface area is 80.2 Å². The number of cyclic esters (lactones) is 1. The molecule has 0 aromatic heterocycles. The van der Waals surface area contributed by atoms with Gasteiger partial charge in [0.2, 0.25) is 6.29 Å². The number of benzene rings is 1. The molecule has 0 bridgehead atoms. The van der Waals surface area contributed by atoms with E-state index < -0.39 is 20.5 Å². The first-order chi connectivity index (χ1) is 6.68. The smallest absolute Gasteiger partial charge is 0.341 e. The fourth-order valence-corrected chi connectivity index (χ4v) is 1.65. The molecule has 1 aliphatic rings. The Balaban J connectivity index is 2.34. The molecular weight excluding hydrogens is 207 g/mol. The fourth-order valence-electron chi connectivity index (χ4n) is 1.29. The Morgan fingerprint density at radius 2 is 2.14 bits per heavy atom. The van der Waals surface area contributed by atoms with Gasteiger partial charge in [0.05, 0.1) is 5.56 Å². The minimum Gasteiger partial charge on any atom is -0.427 e. The number of ether oxygens (including phenoxy) is 1. The van der Waals surface area contributed by atoms with Crippen molar-refractivity contribution >= 4 is 14.2 Å². The first-order valence-corrected chi connectivity index (χ1v) is 5.14. The van der Waals surface area contributed by atoms with Crippen molar-refractivity contribution in [2.45, 2.75) is 6.29 Å². The predicted molar refractivity (Wildman–Crippen MR) is 46.9 cm³/mol. The summed E-state index contributed by atoms with van der Waals surface area (Å²) in [4.78, 5) is 19.7. The quantitative estimate of drug-likeness (QED) is 0.592. The molecule has 5 nitrogen and oxygen atoms in total. The molecule has 2 rings (SSSR count). The highest BCUT2D eigenvalue weighted by molar-refractivity contribution is 7.32. The van der Waals surface area contributed by atoms with Crippen molar-refractivity contribution in [3.63, 3.8) is 0 Å². The van der Waals surface area contributed by atoms with Crippen LogP contribution in [0.5, 0.6) is 0 Å². The zero-order valence-corrected chi connectivity index (χ0v) is 7.97. The zero-order valence-electron chi connectivity index (χ0n) is 6.97. The summed E-state index contributed by atoms with van der Waals surface area (Å²) in [6.07, 6.45) is -1.05. The van der Waals surface area contributed by atoms with Crippen molar-refractivity contribution < 1.29 is 23.5 Å². The summed E-state index contributed by atoms with van der Waals surface area (Å²) >= 11 is 0. The Bertz CT molecular complexity index is 400. The van der Waals surface area contributed by atoms with Gasteiger partial charge in [0, 0.05) is 5.56 Å². The Morgan fingerprint density at radius 1 is 1.43 bits per heavy atom. The van der Waals surface area contributed by atoms with E-state index in [1.54, 1.807) is 24.3 Å². The molecule has 6 heteroatoms. The number of fused-ring (bicyclic) bond motifs is 1. The van der Waals surface area contributed by atoms with E-state index in [9.17, 15) is 9.36 Å². The lowest BCUT2D eigenvalue weighted by atomic mass is 10.1. The third-order valence-corrected chi connectivity index (χ3v) is 2.27. The molecular formula is C8H7O5P. The third kappa shape index (κ3) is 1.57. The average molecular weight is 214 g/mol. The van der Waals surface area contributed by atoms with Crippen molar-refractivity contribution in [2.75, 3.05) is 0 Å². The highest BCUT2D eigenvalue weighted by atomic mass is 31.1. The van der Waals surface area contributed by atoms with Gasteiger partial charge in [-0.15, -0.1) is 0 Å². The van der Waals surface area contributed by atoms with Crippen LogP contribution in [0.3, 0.4) is 0 Å². The Morgan fingerprint density at radius 3 is 2.86 bits per heavy atom. The number of carbonyl (C=O) groups excluding carboxylic acids is 1. The van der Waals surface area contributed by atoms with Crippen LogP contribution in [0, 0.1) is 0 Å². The summed E-state index contributed by atoms with van der Waals surface area (Å²) in [5.74, 6) is -0.533.